The molecule has 0 atom stereocenters. The van der Waals surface area contributed by atoms with Gasteiger partial charge in [0.2, 0.25) is 0 Å². The van der Waals surface area contributed by atoms with Crippen LogP contribution < -0.4 is 15.2 Å². The van der Waals surface area contributed by atoms with Crippen molar-refractivity contribution in [2.45, 2.75) is 51.7 Å². The van der Waals surface area contributed by atoms with Crippen molar-refractivity contribution in [2.24, 2.45) is 0 Å². The average molecular weight is 436 g/mol. The van der Waals surface area contributed by atoms with Crippen LogP contribution >= 0.6 is 0 Å². The van der Waals surface area contributed by atoms with Gasteiger partial charge >= 0.3 is 5.69 Å². The fourth-order valence-electron chi connectivity index (χ4n) is 3.92. The predicted octanol–water partition coefficient (Wildman–Crippen LogP) is 4.67. The Morgan fingerprint density at radius 3 is 1.97 bits per heavy atom. The van der Waals surface area contributed by atoms with Crippen LogP contribution in [0.2, 0.25) is 0 Å². The quantitative estimate of drug-likeness (QED) is 0.490. The van der Waals surface area contributed by atoms with E-state index in [-0.39, 0.29) is 5.69 Å². The minimum atomic E-state index is -0.110. The van der Waals surface area contributed by atoms with Gasteiger partial charge in [-0.25, -0.2) is 4.79 Å². The molecule has 3 aromatic rings. The maximum atomic E-state index is 13.0. The summed E-state index contributed by atoms with van der Waals surface area (Å²) in [7, 11) is 2.09. The predicted molar refractivity (Wildman–Crippen MR) is 128 cm³/mol. The molecule has 1 aliphatic carbocycles. The molecular weight excluding hydrogens is 402 g/mol. The normalized spacial score (nSPS) is 14.4. The SMILES string of the molecule is CC(C)N(C)CCOc1ccc(-n2ccn(-c3ccc(OC4CCCC4)cc3)c2=O)cc1. The second-order valence-corrected chi connectivity index (χ2v) is 8.76. The van der Waals surface area contributed by atoms with E-state index in [1.54, 1.807) is 21.5 Å². The Morgan fingerprint density at radius 2 is 1.44 bits per heavy atom. The lowest BCUT2D eigenvalue weighted by molar-refractivity contribution is 0.208. The first-order valence-electron chi connectivity index (χ1n) is 11.5. The summed E-state index contributed by atoms with van der Waals surface area (Å²) in [6, 6.07) is 15.9. The summed E-state index contributed by atoms with van der Waals surface area (Å²) >= 11 is 0. The Labute approximate surface area is 190 Å². The second kappa shape index (κ2) is 10.1. The van der Waals surface area contributed by atoms with E-state index in [2.05, 4.69) is 25.8 Å². The molecule has 0 bridgehead atoms. The van der Waals surface area contributed by atoms with Gasteiger partial charge in [-0.3, -0.25) is 9.13 Å². The van der Waals surface area contributed by atoms with E-state index in [4.69, 9.17) is 9.47 Å². The van der Waals surface area contributed by atoms with Crippen molar-refractivity contribution in [1.29, 1.82) is 0 Å². The van der Waals surface area contributed by atoms with Crippen LogP contribution in [0.5, 0.6) is 11.5 Å². The molecule has 0 aliphatic heterocycles. The Balaban J connectivity index is 1.40. The zero-order valence-electron chi connectivity index (χ0n) is 19.2. The third-order valence-corrected chi connectivity index (χ3v) is 6.21. The van der Waals surface area contributed by atoms with Gasteiger partial charge in [0.05, 0.1) is 17.5 Å². The van der Waals surface area contributed by atoms with E-state index in [0.717, 1.165) is 42.3 Å². The van der Waals surface area contributed by atoms with Gasteiger partial charge < -0.3 is 14.4 Å². The molecule has 2 aromatic carbocycles. The smallest absolute Gasteiger partial charge is 0.337 e. The number of benzene rings is 2. The molecule has 0 N–H and O–H groups in total. The van der Waals surface area contributed by atoms with Crippen LogP contribution in [0.15, 0.2) is 65.7 Å². The maximum absolute atomic E-state index is 13.0. The van der Waals surface area contributed by atoms with E-state index in [1.807, 2.05) is 48.5 Å². The molecule has 0 spiro atoms. The molecule has 32 heavy (non-hydrogen) atoms. The average Bonchev–Trinajstić information content (AvgIpc) is 3.44. The fraction of sp³-hybridized carbons (Fsp3) is 0.423. The van der Waals surface area contributed by atoms with Crippen LogP contribution in [0.25, 0.3) is 11.4 Å². The number of rotatable bonds is 9. The molecule has 4 rings (SSSR count). The lowest BCUT2D eigenvalue weighted by Gasteiger charge is -2.20. The third-order valence-electron chi connectivity index (χ3n) is 6.21. The van der Waals surface area contributed by atoms with Gasteiger partial charge in [-0.05, 0) is 95.1 Å². The largest absolute Gasteiger partial charge is 0.492 e. The molecule has 0 saturated heterocycles. The van der Waals surface area contributed by atoms with Crippen molar-refractivity contribution in [2.75, 3.05) is 20.2 Å². The molecule has 6 heteroatoms. The topological polar surface area (TPSA) is 48.6 Å². The Bertz CT molecular complexity index is 1050. The highest BCUT2D eigenvalue weighted by atomic mass is 16.5. The van der Waals surface area contributed by atoms with Gasteiger partial charge in [0.15, 0.2) is 0 Å². The molecule has 0 amide bonds. The Kier molecular flexibility index (Phi) is 7.00. The molecule has 6 nitrogen and oxygen atoms in total. The van der Waals surface area contributed by atoms with Gasteiger partial charge in [0.1, 0.15) is 18.1 Å². The molecule has 1 saturated carbocycles. The number of aromatic nitrogens is 2. The lowest BCUT2D eigenvalue weighted by Crippen LogP contribution is -2.30. The number of imidazole rings is 1. The minimum Gasteiger partial charge on any atom is -0.492 e. The molecular formula is C26H33N3O3. The highest BCUT2D eigenvalue weighted by molar-refractivity contribution is 5.40. The van der Waals surface area contributed by atoms with E-state index in [0.29, 0.717) is 18.8 Å². The van der Waals surface area contributed by atoms with Crippen LogP contribution in [0.4, 0.5) is 0 Å². The maximum Gasteiger partial charge on any atom is 0.337 e. The van der Waals surface area contributed by atoms with Crippen molar-refractivity contribution < 1.29 is 9.47 Å². The van der Waals surface area contributed by atoms with Crippen molar-refractivity contribution in [1.82, 2.24) is 14.0 Å². The van der Waals surface area contributed by atoms with E-state index in [1.165, 1.54) is 12.8 Å². The van der Waals surface area contributed by atoms with E-state index in [9.17, 15) is 4.79 Å². The third kappa shape index (κ3) is 5.25. The van der Waals surface area contributed by atoms with Crippen LogP contribution in [-0.4, -0.2) is 46.4 Å². The fourth-order valence-corrected chi connectivity index (χ4v) is 3.92. The number of hydrogen-bond donors (Lipinski definition) is 0. The van der Waals surface area contributed by atoms with Gasteiger partial charge in [0, 0.05) is 25.0 Å². The summed E-state index contributed by atoms with van der Waals surface area (Å²) in [4.78, 5) is 15.2. The molecule has 1 aromatic heterocycles. The number of nitrogens with zero attached hydrogens (tertiary/aromatic N) is 3. The molecule has 1 fully saturated rings. The molecule has 1 heterocycles. The monoisotopic (exact) mass is 435 g/mol. The van der Waals surface area contributed by atoms with Crippen LogP contribution in [0.1, 0.15) is 39.5 Å². The number of hydrogen-bond acceptors (Lipinski definition) is 4. The highest BCUT2D eigenvalue weighted by Gasteiger charge is 2.16. The minimum absolute atomic E-state index is 0.110. The second-order valence-electron chi connectivity index (χ2n) is 8.76. The van der Waals surface area contributed by atoms with Gasteiger partial charge in [-0.1, -0.05) is 0 Å². The number of likely N-dealkylation sites (N-methyl/N-ethyl adjacent to an activating group) is 1. The van der Waals surface area contributed by atoms with Crippen LogP contribution in [0, 0.1) is 0 Å². The van der Waals surface area contributed by atoms with Gasteiger partial charge in [0.25, 0.3) is 0 Å². The van der Waals surface area contributed by atoms with Crippen LogP contribution in [0.3, 0.4) is 0 Å². The summed E-state index contributed by atoms with van der Waals surface area (Å²) < 4.78 is 15.1. The first kappa shape index (κ1) is 22.2. The van der Waals surface area contributed by atoms with Crippen LogP contribution in [-0.2, 0) is 0 Å². The summed E-state index contributed by atoms with van der Waals surface area (Å²) in [6.07, 6.45) is 8.65. The van der Waals surface area contributed by atoms with Crippen molar-refractivity contribution in [3.05, 3.63) is 71.4 Å². The van der Waals surface area contributed by atoms with Crippen molar-refractivity contribution in [3.63, 3.8) is 0 Å². The Morgan fingerprint density at radius 1 is 0.906 bits per heavy atom. The van der Waals surface area contributed by atoms with E-state index < -0.39 is 0 Å². The first-order chi connectivity index (χ1) is 15.5. The zero-order chi connectivity index (χ0) is 22.5. The highest BCUT2D eigenvalue weighted by Crippen LogP contribution is 2.24. The summed E-state index contributed by atoms with van der Waals surface area (Å²) in [5, 5.41) is 0. The summed E-state index contributed by atoms with van der Waals surface area (Å²) in [5.41, 5.74) is 1.52. The lowest BCUT2D eigenvalue weighted by atomic mass is 10.2. The molecule has 0 unspecified atom stereocenters. The van der Waals surface area contributed by atoms with Crippen molar-refractivity contribution in [3.8, 4) is 22.9 Å². The first-order valence-corrected chi connectivity index (χ1v) is 11.5. The number of ether oxygens (including phenoxy) is 2. The Hall–Kier alpha value is -2.99. The molecule has 1 aliphatic rings. The zero-order valence-corrected chi connectivity index (χ0v) is 19.2. The summed E-state index contributed by atoms with van der Waals surface area (Å²) in [5.74, 6) is 1.67. The van der Waals surface area contributed by atoms with E-state index >= 15 is 0 Å². The molecule has 170 valence electrons. The van der Waals surface area contributed by atoms with Crippen molar-refractivity contribution >= 4 is 0 Å². The standard InChI is InChI=1S/C26H33N3O3/c1-20(2)27(3)18-19-31-23-12-8-21(9-13-23)28-16-17-29(26(28)30)22-10-14-25(15-11-22)32-24-6-4-5-7-24/h8-17,20,24H,4-7,18-19H2,1-3H3. The molecule has 0 radical (unpaired) electrons. The van der Waals surface area contributed by atoms with Gasteiger partial charge in [-0.2, -0.15) is 0 Å². The summed E-state index contributed by atoms with van der Waals surface area (Å²) in [6.45, 7) is 5.82. The van der Waals surface area contributed by atoms with Gasteiger partial charge in [-0.15, -0.1) is 0 Å².